The molecule has 20 heavy (non-hydrogen) atoms. The van der Waals surface area contributed by atoms with E-state index in [1.165, 1.54) is 0 Å². The van der Waals surface area contributed by atoms with Gasteiger partial charge in [-0.2, -0.15) is 5.10 Å². The minimum Gasteiger partial charge on any atom is -0.393 e. The third-order valence-corrected chi connectivity index (χ3v) is 4.18. The van der Waals surface area contributed by atoms with Crippen molar-refractivity contribution < 1.29 is 9.90 Å². The van der Waals surface area contributed by atoms with Gasteiger partial charge in [-0.05, 0) is 33.3 Å². The highest BCUT2D eigenvalue weighted by Crippen LogP contribution is 2.20. The number of amides is 1. The van der Waals surface area contributed by atoms with E-state index in [1.807, 2.05) is 31.7 Å². The van der Waals surface area contributed by atoms with Gasteiger partial charge in [0, 0.05) is 43.4 Å². The molecule has 2 atom stereocenters. The first kappa shape index (κ1) is 14.8. The van der Waals surface area contributed by atoms with Crippen molar-refractivity contribution in [2.45, 2.75) is 33.3 Å². The Hall–Kier alpha value is -1.62. The molecule has 2 unspecified atom stereocenters. The number of aliphatic hydroxyl groups is 1. The van der Waals surface area contributed by atoms with E-state index in [9.17, 15) is 9.90 Å². The quantitative estimate of drug-likeness (QED) is 0.847. The number of nitrogens with zero attached hydrogens (tertiary/aromatic N) is 3. The molecule has 5 nitrogen and oxygen atoms in total. The number of aliphatic hydroxyl groups excluding tert-OH is 1. The number of hydrogen-bond acceptors (Lipinski definition) is 3. The summed E-state index contributed by atoms with van der Waals surface area (Å²) in [5.41, 5.74) is 2.99. The second-order valence-corrected chi connectivity index (χ2v) is 5.62. The molecule has 1 aliphatic heterocycles. The van der Waals surface area contributed by atoms with Crippen molar-refractivity contribution in [3.63, 3.8) is 0 Å². The van der Waals surface area contributed by atoms with Gasteiger partial charge in [-0.3, -0.25) is 9.48 Å². The molecule has 1 saturated heterocycles. The van der Waals surface area contributed by atoms with Gasteiger partial charge in [0.1, 0.15) is 0 Å². The van der Waals surface area contributed by atoms with E-state index in [-0.39, 0.29) is 17.9 Å². The van der Waals surface area contributed by atoms with Crippen LogP contribution >= 0.6 is 0 Å². The van der Waals surface area contributed by atoms with Crippen LogP contribution in [0.1, 0.15) is 30.3 Å². The lowest BCUT2D eigenvalue weighted by Crippen LogP contribution is -2.28. The van der Waals surface area contributed by atoms with Crippen molar-refractivity contribution in [1.82, 2.24) is 14.7 Å². The number of carbonyl (C=O) groups is 1. The van der Waals surface area contributed by atoms with Gasteiger partial charge < -0.3 is 10.0 Å². The van der Waals surface area contributed by atoms with Crippen molar-refractivity contribution >= 4 is 12.0 Å². The summed E-state index contributed by atoms with van der Waals surface area (Å²) in [6.07, 6.45) is 3.99. The molecule has 0 radical (unpaired) electrons. The van der Waals surface area contributed by atoms with Crippen molar-refractivity contribution in [3.8, 4) is 0 Å². The highest BCUT2D eigenvalue weighted by atomic mass is 16.3. The normalized spacial score (nSPS) is 20.9. The van der Waals surface area contributed by atoms with Crippen LogP contribution in [0, 0.1) is 19.8 Å². The Morgan fingerprint density at radius 3 is 2.70 bits per heavy atom. The predicted octanol–water partition coefficient (Wildman–Crippen LogP) is 1.28. The lowest BCUT2D eigenvalue weighted by Gasteiger charge is -2.15. The molecule has 0 aromatic carbocycles. The smallest absolute Gasteiger partial charge is 0.246 e. The molecule has 1 aromatic heterocycles. The molecule has 2 rings (SSSR count). The fraction of sp³-hybridized carbons (Fsp3) is 0.600. The average Bonchev–Trinajstić information content (AvgIpc) is 2.95. The Bertz CT molecular complexity index is 531. The van der Waals surface area contributed by atoms with Gasteiger partial charge in [-0.15, -0.1) is 0 Å². The highest BCUT2D eigenvalue weighted by Gasteiger charge is 2.27. The van der Waals surface area contributed by atoms with Gasteiger partial charge in [-0.25, -0.2) is 0 Å². The third-order valence-electron chi connectivity index (χ3n) is 4.18. The van der Waals surface area contributed by atoms with Crippen LogP contribution in [0.5, 0.6) is 0 Å². The van der Waals surface area contributed by atoms with E-state index >= 15 is 0 Å². The van der Waals surface area contributed by atoms with Crippen LogP contribution in [0.25, 0.3) is 6.08 Å². The van der Waals surface area contributed by atoms with Crippen LogP contribution in [0.15, 0.2) is 6.08 Å². The Balaban J connectivity index is 2.03. The number of rotatable bonds is 3. The van der Waals surface area contributed by atoms with Crippen LogP contribution < -0.4 is 0 Å². The number of hydrogen-bond donors (Lipinski definition) is 1. The lowest BCUT2D eigenvalue weighted by molar-refractivity contribution is -0.125. The first-order chi connectivity index (χ1) is 9.40. The monoisotopic (exact) mass is 277 g/mol. The van der Waals surface area contributed by atoms with Gasteiger partial charge in [-0.1, -0.05) is 0 Å². The summed E-state index contributed by atoms with van der Waals surface area (Å²) in [5, 5.41) is 13.9. The summed E-state index contributed by atoms with van der Waals surface area (Å²) in [7, 11) is 1.90. The Morgan fingerprint density at radius 1 is 1.50 bits per heavy atom. The number of carbonyl (C=O) groups excluding carboxylic acids is 1. The first-order valence-corrected chi connectivity index (χ1v) is 7.05. The molecule has 1 aliphatic rings. The van der Waals surface area contributed by atoms with E-state index < -0.39 is 0 Å². The first-order valence-electron chi connectivity index (χ1n) is 7.05. The maximum absolute atomic E-state index is 12.1. The molecule has 2 heterocycles. The zero-order valence-electron chi connectivity index (χ0n) is 12.6. The van der Waals surface area contributed by atoms with Gasteiger partial charge in [0.15, 0.2) is 0 Å². The molecule has 0 saturated carbocycles. The SMILES string of the molecule is Cc1nn(C)c(C)c1/C=C/C(=O)N1CCC(C(C)O)C1. The Morgan fingerprint density at radius 2 is 2.20 bits per heavy atom. The Labute approximate surface area is 119 Å². The predicted molar refractivity (Wildman–Crippen MR) is 78.1 cm³/mol. The maximum Gasteiger partial charge on any atom is 0.246 e. The zero-order chi connectivity index (χ0) is 14.9. The maximum atomic E-state index is 12.1. The second-order valence-electron chi connectivity index (χ2n) is 5.62. The van der Waals surface area contributed by atoms with Gasteiger partial charge in [0.05, 0.1) is 11.8 Å². The molecule has 1 amide bonds. The molecule has 1 N–H and O–H groups in total. The molecule has 110 valence electrons. The van der Waals surface area contributed by atoms with Crippen LogP contribution in [-0.2, 0) is 11.8 Å². The molecule has 5 heteroatoms. The molecule has 1 fully saturated rings. The van der Waals surface area contributed by atoms with Crippen molar-refractivity contribution in [2.75, 3.05) is 13.1 Å². The summed E-state index contributed by atoms with van der Waals surface area (Å²) >= 11 is 0. The Kier molecular flexibility index (Phi) is 4.28. The topological polar surface area (TPSA) is 58.4 Å². The van der Waals surface area contributed by atoms with Crippen molar-refractivity contribution in [2.24, 2.45) is 13.0 Å². The summed E-state index contributed by atoms with van der Waals surface area (Å²) < 4.78 is 1.82. The average molecular weight is 277 g/mol. The van der Waals surface area contributed by atoms with E-state index in [4.69, 9.17) is 0 Å². The minimum absolute atomic E-state index is 0.0100. The van der Waals surface area contributed by atoms with Crippen LogP contribution in [0.2, 0.25) is 0 Å². The fourth-order valence-electron chi connectivity index (χ4n) is 2.67. The fourth-order valence-corrected chi connectivity index (χ4v) is 2.67. The molecule has 0 aliphatic carbocycles. The van der Waals surface area contributed by atoms with Crippen LogP contribution in [-0.4, -0.2) is 44.9 Å². The van der Waals surface area contributed by atoms with E-state index in [0.29, 0.717) is 6.54 Å². The number of aryl methyl sites for hydroxylation is 2. The molecular formula is C15H23N3O2. The zero-order valence-corrected chi connectivity index (χ0v) is 12.6. The summed E-state index contributed by atoms with van der Waals surface area (Å²) in [6, 6.07) is 0. The van der Waals surface area contributed by atoms with E-state index in [0.717, 1.165) is 29.9 Å². The third kappa shape index (κ3) is 2.93. The summed E-state index contributed by atoms with van der Waals surface area (Å²) in [5.74, 6) is 0.213. The minimum atomic E-state index is -0.348. The number of aromatic nitrogens is 2. The molecule has 1 aromatic rings. The summed E-state index contributed by atoms with van der Waals surface area (Å²) in [4.78, 5) is 13.9. The van der Waals surface area contributed by atoms with Crippen molar-refractivity contribution in [1.29, 1.82) is 0 Å². The van der Waals surface area contributed by atoms with E-state index in [1.54, 1.807) is 17.9 Å². The largest absolute Gasteiger partial charge is 0.393 e. The second kappa shape index (κ2) is 5.79. The van der Waals surface area contributed by atoms with Gasteiger partial charge in [0.2, 0.25) is 5.91 Å². The van der Waals surface area contributed by atoms with Crippen LogP contribution in [0.3, 0.4) is 0 Å². The highest BCUT2D eigenvalue weighted by molar-refractivity contribution is 5.92. The standard InChI is InChI=1S/C15H23N3O2/c1-10-14(11(2)17(4)16-10)5-6-15(20)18-8-7-13(9-18)12(3)19/h5-6,12-13,19H,7-9H2,1-4H3/b6-5+. The van der Waals surface area contributed by atoms with Gasteiger partial charge >= 0.3 is 0 Å². The number of likely N-dealkylation sites (tertiary alicyclic amines) is 1. The molecule has 0 spiro atoms. The van der Waals surface area contributed by atoms with E-state index in [2.05, 4.69) is 5.10 Å². The summed E-state index contributed by atoms with van der Waals surface area (Å²) in [6.45, 7) is 7.09. The van der Waals surface area contributed by atoms with Gasteiger partial charge in [0.25, 0.3) is 0 Å². The molecular weight excluding hydrogens is 254 g/mol. The van der Waals surface area contributed by atoms with Crippen molar-refractivity contribution in [3.05, 3.63) is 23.0 Å². The lowest BCUT2D eigenvalue weighted by atomic mass is 10.0. The van der Waals surface area contributed by atoms with Crippen LogP contribution in [0.4, 0.5) is 0 Å². The molecule has 0 bridgehead atoms.